The molecule has 4 aromatic rings. The van der Waals surface area contributed by atoms with Crippen LogP contribution >= 0.6 is 15.9 Å². The van der Waals surface area contributed by atoms with Crippen LogP contribution in [0.2, 0.25) is 0 Å². The Morgan fingerprint density at radius 1 is 0.857 bits per heavy atom. The van der Waals surface area contributed by atoms with Gasteiger partial charge in [-0.25, -0.2) is 4.79 Å². The monoisotopic (exact) mass is 433 g/mol. The molecule has 4 rings (SSSR count). The molecular formula is C23H16BrNO3. The second-order valence-electron chi connectivity index (χ2n) is 6.36. The number of rotatable bonds is 4. The van der Waals surface area contributed by atoms with Crippen LogP contribution in [0.25, 0.3) is 11.0 Å². The van der Waals surface area contributed by atoms with Crippen molar-refractivity contribution in [3.05, 3.63) is 117 Å². The van der Waals surface area contributed by atoms with E-state index in [2.05, 4.69) is 21.2 Å². The molecule has 1 aromatic heterocycles. The van der Waals surface area contributed by atoms with E-state index in [1.165, 1.54) is 0 Å². The Labute approximate surface area is 170 Å². The first-order valence-corrected chi connectivity index (χ1v) is 9.55. The normalized spacial score (nSPS) is 10.9. The van der Waals surface area contributed by atoms with Gasteiger partial charge in [-0.1, -0.05) is 76.6 Å². The summed E-state index contributed by atoms with van der Waals surface area (Å²) in [6, 6.07) is 25.7. The summed E-state index contributed by atoms with van der Waals surface area (Å²) in [6.45, 7) is 0. The van der Waals surface area contributed by atoms with Crippen LogP contribution in [0.15, 0.2) is 98.6 Å². The molecule has 1 heterocycles. The van der Waals surface area contributed by atoms with Crippen molar-refractivity contribution < 1.29 is 9.21 Å². The number of halogens is 1. The summed E-state index contributed by atoms with van der Waals surface area (Å²) >= 11 is 3.39. The van der Waals surface area contributed by atoms with Crippen LogP contribution in [0, 0.1) is 0 Å². The molecule has 138 valence electrons. The van der Waals surface area contributed by atoms with Crippen molar-refractivity contribution in [2.24, 2.45) is 0 Å². The number of benzene rings is 3. The zero-order chi connectivity index (χ0) is 19.5. The third kappa shape index (κ3) is 3.75. The van der Waals surface area contributed by atoms with Crippen LogP contribution < -0.4 is 10.9 Å². The van der Waals surface area contributed by atoms with Gasteiger partial charge in [-0.2, -0.15) is 0 Å². The molecule has 0 aliphatic rings. The maximum absolute atomic E-state index is 13.0. The van der Waals surface area contributed by atoms with Crippen molar-refractivity contribution in [1.29, 1.82) is 0 Å². The fourth-order valence-electron chi connectivity index (χ4n) is 3.11. The van der Waals surface area contributed by atoms with Gasteiger partial charge in [0.1, 0.15) is 11.1 Å². The number of carbonyl (C=O) groups is 1. The Balaban J connectivity index is 1.73. The lowest BCUT2D eigenvalue weighted by Gasteiger charge is -2.19. The second-order valence-corrected chi connectivity index (χ2v) is 7.27. The van der Waals surface area contributed by atoms with Crippen LogP contribution in [0.3, 0.4) is 0 Å². The van der Waals surface area contributed by atoms with Crippen molar-refractivity contribution >= 4 is 32.8 Å². The van der Waals surface area contributed by atoms with Crippen molar-refractivity contribution in [2.75, 3.05) is 0 Å². The van der Waals surface area contributed by atoms with Gasteiger partial charge in [0.25, 0.3) is 5.91 Å². The molecule has 0 saturated heterocycles. The van der Waals surface area contributed by atoms with Crippen LogP contribution in [0.5, 0.6) is 0 Å². The first kappa shape index (κ1) is 18.2. The van der Waals surface area contributed by atoms with Crippen LogP contribution in [-0.2, 0) is 0 Å². The standard InChI is InChI=1S/C23H16BrNO3/c24-18-11-12-20-17(13-18)14-19(23(27)28-20)22(26)25-21(15-7-3-1-4-8-15)16-9-5-2-6-10-16/h1-14,21H,(H,25,26). The molecule has 0 aliphatic heterocycles. The minimum absolute atomic E-state index is 0.0255. The zero-order valence-corrected chi connectivity index (χ0v) is 16.3. The fraction of sp³-hybridized carbons (Fsp3) is 0.0435. The molecule has 0 radical (unpaired) electrons. The lowest BCUT2D eigenvalue weighted by molar-refractivity contribution is 0.0939. The van der Waals surface area contributed by atoms with Gasteiger partial charge < -0.3 is 9.73 Å². The molecular weight excluding hydrogens is 418 g/mol. The minimum Gasteiger partial charge on any atom is -0.422 e. The highest BCUT2D eigenvalue weighted by Gasteiger charge is 2.20. The molecule has 0 saturated carbocycles. The summed E-state index contributed by atoms with van der Waals surface area (Å²) in [5, 5.41) is 3.65. The third-order valence-corrected chi connectivity index (χ3v) is 4.97. The summed E-state index contributed by atoms with van der Waals surface area (Å²) < 4.78 is 6.16. The first-order valence-electron chi connectivity index (χ1n) is 8.76. The Hall–Kier alpha value is -3.18. The van der Waals surface area contributed by atoms with Gasteiger partial charge in [0.05, 0.1) is 6.04 Å². The second kappa shape index (κ2) is 7.82. The smallest absolute Gasteiger partial charge is 0.349 e. The Bertz CT molecular complexity index is 1150. The first-order chi connectivity index (χ1) is 13.6. The Morgan fingerprint density at radius 3 is 2.07 bits per heavy atom. The van der Waals surface area contributed by atoms with E-state index in [0.717, 1.165) is 15.6 Å². The van der Waals surface area contributed by atoms with Gasteiger partial charge in [0.2, 0.25) is 0 Å². The molecule has 0 unspecified atom stereocenters. The van der Waals surface area contributed by atoms with Crippen molar-refractivity contribution in [2.45, 2.75) is 6.04 Å². The largest absolute Gasteiger partial charge is 0.422 e. The van der Waals surface area contributed by atoms with E-state index in [0.29, 0.717) is 11.0 Å². The number of amides is 1. The summed E-state index contributed by atoms with van der Waals surface area (Å²) in [4.78, 5) is 25.3. The van der Waals surface area contributed by atoms with E-state index in [9.17, 15) is 9.59 Å². The lowest BCUT2D eigenvalue weighted by atomic mass is 9.98. The highest BCUT2D eigenvalue weighted by Crippen LogP contribution is 2.23. The summed E-state index contributed by atoms with van der Waals surface area (Å²) in [5.74, 6) is -0.478. The van der Waals surface area contributed by atoms with Gasteiger partial charge >= 0.3 is 5.63 Å². The quantitative estimate of drug-likeness (QED) is 0.456. The molecule has 0 atom stereocenters. The molecule has 5 heteroatoms. The predicted molar refractivity (Wildman–Crippen MR) is 112 cm³/mol. The van der Waals surface area contributed by atoms with E-state index in [-0.39, 0.29) is 11.6 Å². The van der Waals surface area contributed by atoms with Crippen molar-refractivity contribution in [3.63, 3.8) is 0 Å². The number of fused-ring (bicyclic) bond motifs is 1. The van der Waals surface area contributed by atoms with Crippen LogP contribution in [0.1, 0.15) is 27.5 Å². The third-order valence-electron chi connectivity index (χ3n) is 4.48. The number of hydrogen-bond acceptors (Lipinski definition) is 3. The average molecular weight is 434 g/mol. The summed E-state index contributed by atoms with van der Waals surface area (Å²) in [6.07, 6.45) is 0. The average Bonchev–Trinajstić information content (AvgIpc) is 2.73. The van der Waals surface area contributed by atoms with Gasteiger partial charge in [0, 0.05) is 9.86 Å². The lowest BCUT2D eigenvalue weighted by Crippen LogP contribution is -2.32. The van der Waals surface area contributed by atoms with E-state index in [1.54, 1.807) is 24.3 Å². The van der Waals surface area contributed by atoms with Gasteiger partial charge in [-0.3, -0.25) is 4.79 Å². The molecule has 0 bridgehead atoms. The van der Waals surface area contributed by atoms with Gasteiger partial charge in [-0.05, 0) is 35.4 Å². The maximum atomic E-state index is 13.0. The van der Waals surface area contributed by atoms with Crippen molar-refractivity contribution in [3.8, 4) is 0 Å². The Morgan fingerprint density at radius 2 is 1.46 bits per heavy atom. The molecule has 1 amide bonds. The maximum Gasteiger partial charge on any atom is 0.349 e. The number of nitrogens with one attached hydrogen (secondary N) is 1. The molecule has 1 N–H and O–H groups in total. The highest BCUT2D eigenvalue weighted by atomic mass is 79.9. The SMILES string of the molecule is O=C(NC(c1ccccc1)c1ccccc1)c1cc2cc(Br)ccc2oc1=O. The topological polar surface area (TPSA) is 59.3 Å². The van der Waals surface area contributed by atoms with E-state index < -0.39 is 11.5 Å². The summed E-state index contributed by atoms with van der Waals surface area (Å²) in [7, 11) is 0. The fourth-order valence-corrected chi connectivity index (χ4v) is 3.49. The molecule has 4 nitrogen and oxygen atoms in total. The summed E-state index contributed by atoms with van der Waals surface area (Å²) in [5.41, 5.74) is 1.60. The minimum atomic E-state index is -0.660. The molecule has 0 spiro atoms. The van der Waals surface area contributed by atoms with Gasteiger partial charge in [-0.15, -0.1) is 0 Å². The number of carbonyl (C=O) groups excluding carboxylic acids is 1. The van der Waals surface area contributed by atoms with Crippen molar-refractivity contribution in [1.82, 2.24) is 5.32 Å². The Kier molecular flexibility index (Phi) is 5.08. The highest BCUT2D eigenvalue weighted by molar-refractivity contribution is 9.10. The molecule has 3 aromatic carbocycles. The van der Waals surface area contributed by atoms with E-state index in [4.69, 9.17) is 4.42 Å². The molecule has 28 heavy (non-hydrogen) atoms. The van der Waals surface area contributed by atoms with Crippen LogP contribution in [0.4, 0.5) is 0 Å². The predicted octanol–water partition coefficient (Wildman–Crippen LogP) is 5.07. The van der Waals surface area contributed by atoms with E-state index >= 15 is 0 Å². The molecule has 0 aliphatic carbocycles. The zero-order valence-electron chi connectivity index (χ0n) is 14.8. The van der Waals surface area contributed by atoms with Gasteiger partial charge in [0.15, 0.2) is 0 Å². The van der Waals surface area contributed by atoms with E-state index in [1.807, 2.05) is 60.7 Å². The number of hydrogen-bond donors (Lipinski definition) is 1. The molecule has 0 fully saturated rings. The van der Waals surface area contributed by atoms with Crippen LogP contribution in [-0.4, -0.2) is 5.91 Å².